The molecular formula is C22H24F3N5O2. The summed E-state index contributed by atoms with van der Waals surface area (Å²) >= 11 is 0. The average molecular weight is 447 g/mol. The monoisotopic (exact) mass is 447 g/mol. The standard InChI is InChI=1S/C22H24F3N5O2/c1-12-5-7-30(8-6-12)16-10-14(22(23,24)25)9-15(28-16)18-17-19(13-3-2-4-13)32-21(31)29-20(17)27-11-26-18/h9-13,19H,2-8H2,1H3,(H,26,27,29,31). The second kappa shape index (κ2) is 7.90. The van der Waals surface area contributed by atoms with Crippen LogP contribution in [-0.4, -0.2) is 34.1 Å². The first-order valence-corrected chi connectivity index (χ1v) is 11.0. The number of fused-ring (bicyclic) bond motifs is 1. The summed E-state index contributed by atoms with van der Waals surface area (Å²) in [6, 6.07) is 2.13. The molecule has 5 rings (SSSR count). The van der Waals surface area contributed by atoms with Crippen molar-refractivity contribution in [2.24, 2.45) is 11.8 Å². The molecule has 7 nitrogen and oxygen atoms in total. The molecule has 1 amide bonds. The number of amides is 1. The summed E-state index contributed by atoms with van der Waals surface area (Å²) in [5.41, 5.74) is 0.104. The van der Waals surface area contributed by atoms with Crippen LogP contribution in [0.2, 0.25) is 0 Å². The van der Waals surface area contributed by atoms with Gasteiger partial charge in [0.15, 0.2) is 0 Å². The van der Waals surface area contributed by atoms with Gasteiger partial charge in [0.2, 0.25) is 0 Å². The Morgan fingerprint density at radius 2 is 1.88 bits per heavy atom. The average Bonchev–Trinajstić information content (AvgIpc) is 2.71. The van der Waals surface area contributed by atoms with Crippen molar-refractivity contribution in [1.82, 2.24) is 15.0 Å². The molecule has 0 bridgehead atoms. The molecule has 2 fully saturated rings. The van der Waals surface area contributed by atoms with Crippen LogP contribution >= 0.6 is 0 Å². The molecule has 1 N–H and O–H groups in total. The number of halogens is 3. The lowest BCUT2D eigenvalue weighted by Gasteiger charge is -2.37. The number of piperidine rings is 1. The number of nitrogens with one attached hydrogen (secondary N) is 1. The van der Waals surface area contributed by atoms with Gasteiger partial charge < -0.3 is 9.64 Å². The van der Waals surface area contributed by atoms with E-state index in [1.54, 1.807) is 0 Å². The van der Waals surface area contributed by atoms with E-state index in [1.807, 2.05) is 4.90 Å². The maximum absolute atomic E-state index is 13.8. The number of carbonyl (C=O) groups is 1. The van der Waals surface area contributed by atoms with Gasteiger partial charge in [-0.25, -0.2) is 19.7 Å². The number of cyclic esters (lactones) is 1. The Kier molecular flexibility index (Phi) is 5.17. The van der Waals surface area contributed by atoms with Gasteiger partial charge in [-0.3, -0.25) is 5.32 Å². The molecule has 2 aliphatic heterocycles. The molecule has 32 heavy (non-hydrogen) atoms. The van der Waals surface area contributed by atoms with Crippen molar-refractivity contribution in [1.29, 1.82) is 0 Å². The van der Waals surface area contributed by atoms with E-state index in [9.17, 15) is 18.0 Å². The van der Waals surface area contributed by atoms with Gasteiger partial charge >= 0.3 is 12.3 Å². The Bertz CT molecular complexity index is 1030. The number of anilines is 2. The molecule has 3 aliphatic rings. The summed E-state index contributed by atoms with van der Waals surface area (Å²) in [4.78, 5) is 27.0. The van der Waals surface area contributed by atoms with Gasteiger partial charge in [-0.15, -0.1) is 0 Å². The molecule has 1 atom stereocenters. The quantitative estimate of drug-likeness (QED) is 0.697. The Morgan fingerprint density at radius 1 is 1.12 bits per heavy atom. The smallest absolute Gasteiger partial charge is 0.416 e. The lowest BCUT2D eigenvalue weighted by molar-refractivity contribution is -0.137. The number of ether oxygens (including phenoxy) is 1. The SMILES string of the molecule is CC1CCN(c2cc(C(F)(F)F)cc(-c3ncnc4c3C(C3CCC3)OC(=O)N4)n2)CC1. The van der Waals surface area contributed by atoms with Gasteiger partial charge in [0.05, 0.1) is 16.8 Å². The Morgan fingerprint density at radius 3 is 2.53 bits per heavy atom. The fourth-order valence-corrected chi connectivity index (χ4v) is 4.54. The topological polar surface area (TPSA) is 80.2 Å². The van der Waals surface area contributed by atoms with E-state index in [0.29, 0.717) is 24.6 Å². The Balaban J connectivity index is 1.62. The lowest BCUT2D eigenvalue weighted by Crippen LogP contribution is -2.34. The highest BCUT2D eigenvalue weighted by Crippen LogP contribution is 2.47. The van der Waals surface area contributed by atoms with Crippen molar-refractivity contribution in [2.75, 3.05) is 23.3 Å². The van der Waals surface area contributed by atoms with Crippen LogP contribution in [0.5, 0.6) is 0 Å². The van der Waals surface area contributed by atoms with Crippen molar-refractivity contribution in [3.05, 3.63) is 29.6 Å². The van der Waals surface area contributed by atoms with E-state index in [2.05, 4.69) is 27.2 Å². The predicted molar refractivity (Wildman–Crippen MR) is 111 cm³/mol. The van der Waals surface area contributed by atoms with E-state index in [4.69, 9.17) is 4.74 Å². The van der Waals surface area contributed by atoms with Crippen molar-refractivity contribution >= 4 is 17.7 Å². The summed E-state index contributed by atoms with van der Waals surface area (Å²) in [5, 5.41) is 2.56. The minimum atomic E-state index is -4.53. The predicted octanol–water partition coefficient (Wildman–Crippen LogP) is 5.20. The molecule has 1 saturated carbocycles. The Hall–Kier alpha value is -2.91. The molecule has 1 saturated heterocycles. The zero-order chi connectivity index (χ0) is 22.5. The number of alkyl halides is 3. The molecule has 0 spiro atoms. The number of aromatic nitrogens is 3. The number of pyridine rings is 1. The van der Waals surface area contributed by atoms with Crippen LogP contribution in [0.1, 0.15) is 56.3 Å². The largest absolute Gasteiger partial charge is 0.441 e. The summed E-state index contributed by atoms with van der Waals surface area (Å²) in [6.07, 6.45) is 0.0718. The highest BCUT2D eigenvalue weighted by atomic mass is 19.4. The van der Waals surface area contributed by atoms with Gasteiger partial charge in [0, 0.05) is 19.0 Å². The molecule has 0 radical (unpaired) electrons. The Labute approximate surface area is 183 Å². The molecule has 170 valence electrons. The molecule has 2 aromatic heterocycles. The first-order chi connectivity index (χ1) is 15.3. The zero-order valence-electron chi connectivity index (χ0n) is 17.7. The molecule has 10 heteroatoms. The van der Waals surface area contributed by atoms with Crippen LogP contribution in [-0.2, 0) is 10.9 Å². The fourth-order valence-electron chi connectivity index (χ4n) is 4.54. The van der Waals surface area contributed by atoms with E-state index in [0.717, 1.165) is 44.2 Å². The van der Waals surface area contributed by atoms with Crippen LogP contribution in [0.15, 0.2) is 18.5 Å². The summed E-state index contributed by atoms with van der Waals surface area (Å²) < 4.78 is 46.9. The number of hydrogen-bond donors (Lipinski definition) is 1. The van der Waals surface area contributed by atoms with Gasteiger partial charge in [0.25, 0.3) is 0 Å². The minimum Gasteiger partial charge on any atom is -0.441 e. The van der Waals surface area contributed by atoms with E-state index in [1.165, 1.54) is 6.33 Å². The van der Waals surface area contributed by atoms with Crippen molar-refractivity contribution < 1.29 is 22.7 Å². The van der Waals surface area contributed by atoms with E-state index < -0.39 is 23.9 Å². The normalized spacial score (nSPS) is 22.1. The van der Waals surface area contributed by atoms with Crippen LogP contribution in [0.4, 0.5) is 29.6 Å². The third kappa shape index (κ3) is 3.86. The molecule has 4 heterocycles. The zero-order valence-corrected chi connectivity index (χ0v) is 17.7. The minimum absolute atomic E-state index is 0.0957. The summed E-state index contributed by atoms with van der Waals surface area (Å²) in [5.74, 6) is 1.19. The van der Waals surface area contributed by atoms with Crippen molar-refractivity contribution in [3.8, 4) is 11.4 Å². The molecule has 1 aliphatic carbocycles. The number of nitrogens with zero attached hydrogens (tertiary/aromatic N) is 4. The van der Waals surface area contributed by atoms with Crippen molar-refractivity contribution in [3.63, 3.8) is 0 Å². The maximum atomic E-state index is 13.8. The first kappa shape index (κ1) is 21.0. The molecule has 1 unspecified atom stereocenters. The summed E-state index contributed by atoms with van der Waals surface area (Å²) in [7, 11) is 0. The van der Waals surface area contributed by atoms with Crippen LogP contribution < -0.4 is 10.2 Å². The van der Waals surface area contributed by atoms with Gasteiger partial charge in [-0.05, 0) is 43.7 Å². The number of hydrogen-bond acceptors (Lipinski definition) is 6. The molecule has 2 aromatic rings. The second-order valence-electron chi connectivity index (χ2n) is 8.89. The van der Waals surface area contributed by atoms with E-state index in [-0.39, 0.29) is 28.9 Å². The third-order valence-electron chi connectivity index (χ3n) is 6.69. The highest BCUT2D eigenvalue weighted by molar-refractivity contribution is 5.88. The second-order valence-corrected chi connectivity index (χ2v) is 8.89. The molecule has 0 aromatic carbocycles. The van der Waals surface area contributed by atoms with Crippen LogP contribution in [0.25, 0.3) is 11.4 Å². The molecular weight excluding hydrogens is 423 g/mol. The maximum Gasteiger partial charge on any atom is 0.416 e. The first-order valence-electron chi connectivity index (χ1n) is 11.0. The number of carbonyl (C=O) groups excluding carboxylic acids is 1. The number of rotatable bonds is 3. The van der Waals surface area contributed by atoms with Crippen LogP contribution in [0, 0.1) is 11.8 Å². The third-order valence-corrected chi connectivity index (χ3v) is 6.69. The van der Waals surface area contributed by atoms with Gasteiger partial charge in [-0.1, -0.05) is 13.3 Å². The van der Waals surface area contributed by atoms with Crippen LogP contribution in [0.3, 0.4) is 0 Å². The highest BCUT2D eigenvalue weighted by Gasteiger charge is 2.40. The van der Waals surface area contributed by atoms with E-state index >= 15 is 0 Å². The lowest BCUT2D eigenvalue weighted by atomic mass is 9.78. The van der Waals surface area contributed by atoms with Gasteiger partial charge in [0.1, 0.15) is 29.8 Å². The summed E-state index contributed by atoms with van der Waals surface area (Å²) in [6.45, 7) is 3.45. The fraction of sp³-hybridized carbons (Fsp3) is 0.545. The van der Waals surface area contributed by atoms with Gasteiger partial charge in [-0.2, -0.15) is 13.2 Å². The van der Waals surface area contributed by atoms with Crippen molar-refractivity contribution in [2.45, 2.75) is 51.3 Å².